The summed E-state index contributed by atoms with van der Waals surface area (Å²) >= 11 is 0. The number of ether oxygens (including phenoxy) is 1. The normalized spacial score (nSPS) is 11.6. The SMILES string of the molecule is COC(=O)c1ccc2c(-c3cnco3)cc(-c3ccc(C(F)(F)F)cc3)nc2c1. The molecule has 0 aliphatic rings. The van der Waals surface area contributed by atoms with Crippen molar-refractivity contribution in [2.45, 2.75) is 6.18 Å². The van der Waals surface area contributed by atoms with Crippen molar-refractivity contribution in [2.24, 2.45) is 0 Å². The summed E-state index contributed by atoms with van der Waals surface area (Å²) in [4.78, 5) is 20.3. The van der Waals surface area contributed by atoms with Crippen LogP contribution in [0.25, 0.3) is 33.5 Å². The number of esters is 1. The van der Waals surface area contributed by atoms with E-state index in [1.807, 2.05) is 0 Å². The molecule has 0 atom stereocenters. The molecule has 29 heavy (non-hydrogen) atoms. The van der Waals surface area contributed by atoms with Crippen molar-refractivity contribution in [3.8, 4) is 22.6 Å². The predicted octanol–water partition coefficient (Wildman–Crippen LogP) is 5.36. The highest BCUT2D eigenvalue weighted by Gasteiger charge is 2.30. The summed E-state index contributed by atoms with van der Waals surface area (Å²) in [5, 5.41) is 0.699. The molecule has 0 saturated carbocycles. The van der Waals surface area contributed by atoms with Crippen LogP contribution in [0.2, 0.25) is 0 Å². The Bertz CT molecular complexity index is 1180. The van der Waals surface area contributed by atoms with E-state index in [2.05, 4.69) is 9.97 Å². The molecule has 0 bridgehead atoms. The smallest absolute Gasteiger partial charge is 0.416 e. The summed E-state index contributed by atoms with van der Waals surface area (Å²) in [7, 11) is 1.28. The highest BCUT2D eigenvalue weighted by Crippen LogP contribution is 2.34. The minimum Gasteiger partial charge on any atom is -0.465 e. The molecule has 0 saturated heterocycles. The van der Waals surface area contributed by atoms with E-state index in [9.17, 15) is 18.0 Å². The number of pyridine rings is 1. The Kier molecular flexibility index (Phi) is 4.54. The number of oxazole rings is 1. The van der Waals surface area contributed by atoms with Crippen LogP contribution in [0.4, 0.5) is 13.2 Å². The van der Waals surface area contributed by atoms with Crippen LogP contribution in [-0.4, -0.2) is 23.0 Å². The van der Waals surface area contributed by atoms with E-state index in [1.165, 1.54) is 31.8 Å². The van der Waals surface area contributed by atoms with Gasteiger partial charge in [0.2, 0.25) is 0 Å². The molecule has 5 nitrogen and oxygen atoms in total. The second kappa shape index (κ2) is 7.05. The van der Waals surface area contributed by atoms with Crippen molar-refractivity contribution >= 4 is 16.9 Å². The third kappa shape index (κ3) is 3.56. The van der Waals surface area contributed by atoms with E-state index < -0.39 is 17.7 Å². The number of alkyl halides is 3. The maximum Gasteiger partial charge on any atom is 0.416 e. The minimum absolute atomic E-state index is 0.306. The van der Waals surface area contributed by atoms with E-state index in [0.717, 1.165) is 12.1 Å². The molecule has 0 N–H and O–H groups in total. The molecular formula is C21H13F3N2O3. The molecule has 0 fully saturated rings. The molecule has 4 aromatic rings. The van der Waals surface area contributed by atoms with Gasteiger partial charge >= 0.3 is 12.1 Å². The summed E-state index contributed by atoms with van der Waals surface area (Å²) in [5.41, 5.74) is 1.60. The van der Waals surface area contributed by atoms with Gasteiger partial charge in [0, 0.05) is 16.5 Å². The number of carbonyl (C=O) groups is 1. The van der Waals surface area contributed by atoms with Crippen LogP contribution in [0.15, 0.2) is 65.5 Å². The lowest BCUT2D eigenvalue weighted by Crippen LogP contribution is -2.04. The fourth-order valence-electron chi connectivity index (χ4n) is 3.00. The van der Waals surface area contributed by atoms with Gasteiger partial charge in [-0.15, -0.1) is 0 Å². The summed E-state index contributed by atoms with van der Waals surface area (Å²) in [6.07, 6.45) is -1.61. The molecule has 4 rings (SSSR count). The van der Waals surface area contributed by atoms with Gasteiger partial charge in [-0.05, 0) is 30.3 Å². The highest BCUT2D eigenvalue weighted by atomic mass is 19.4. The van der Waals surface area contributed by atoms with Gasteiger partial charge in [-0.3, -0.25) is 0 Å². The van der Waals surface area contributed by atoms with Crippen LogP contribution < -0.4 is 0 Å². The Labute approximate surface area is 162 Å². The molecule has 0 amide bonds. The number of methoxy groups -OCH3 is 1. The van der Waals surface area contributed by atoms with E-state index in [-0.39, 0.29) is 0 Å². The molecule has 8 heteroatoms. The maximum atomic E-state index is 12.9. The predicted molar refractivity (Wildman–Crippen MR) is 99.0 cm³/mol. The summed E-state index contributed by atoms with van der Waals surface area (Å²) in [6, 6.07) is 11.3. The van der Waals surface area contributed by atoms with E-state index in [1.54, 1.807) is 24.3 Å². The number of hydrogen-bond donors (Lipinski definition) is 0. The van der Waals surface area contributed by atoms with Crippen LogP contribution >= 0.6 is 0 Å². The second-order valence-corrected chi connectivity index (χ2v) is 6.22. The molecular weight excluding hydrogens is 385 g/mol. The molecule has 0 aliphatic heterocycles. The number of nitrogens with zero attached hydrogens (tertiary/aromatic N) is 2. The van der Waals surface area contributed by atoms with E-state index in [0.29, 0.717) is 39.0 Å². The Morgan fingerprint density at radius 1 is 1.07 bits per heavy atom. The Morgan fingerprint density at radius 3 is 2.45 bits per heavy atom. The van der Waals surface area contributed by atoms with E-state index >= 15 is 0 Å². The third-order valence-corrected chi connectivity index (χ3v) is 4.44. The molecule has 0 unspecified atom stereocenters. The minimum atomic E-state index is -4.42. The highest BCUT2D eigenvalue weighted by molar-refractivity contribution is 6.00. The quantitative estimate of drug-likeness (QED) is 0.435. The van der Waals surface area contributed by atoms with Crippen LogP contribution in [0.3, 0.4) is 0 Å². The van der Waals surface area contributed by atoms with Crippen molar-refractivity contribution in [1.29, 1.82) is 0 Å². The first kappa shape index (κ1) is 18.7. The number of carbonyl (C=O) groups excluding carboxylic acids is 1. The standard InChI is InChI=1S/C21H13F3N2O3/c1-28-20(27)13-4-7-15-16(19-10-25-11-29-19)9-17(26-18(15)8-13)12-2-5-14(6-3-12)21(22,23)24/h2-11H,1H3. The number of benzene rings is 2. The van der Waals surface area contributed by atoms with Gasteiger partial charge in [-0.1, -0.05) is 18.2 Å². The fourth-order valence-corrected chi connectivity index (χ4v) is 3.00. The molecule has 0 radical (unpaired) electrons. The summed E-state index contributed by atoms with van der Waals surface area (Å²) in [5.74, 6) is -0.0498. The summed E-state index contributed by atoms with van der Waals surface area (Å²) < 4.78 is 48.7. The topological polar surface area (TPSA) is 65.2 Å². The maximum absolute atomic E-state index is 12.9. The number of halogens is 3. The first-order valence-electron chi connectivity index (χ1n) is 8.46. The number of rotatable bonds is 3. The first-order valence-corrected chi connectivity index (χ1v) is 8.46. The molecule has 2 aromatic carbocycles. The lowest BCUT2D eigenvalue weighted by atomic mass is 10.0. The van der Waals surface area contributed by atoms with Crippen molar-refractivity contribution in [3.05, 3.63) is 72.2 Å². The van der Waals surface area contributed by atoms with Gasteiger partial charge in [-0.25, -0.2) is 14.8 Å². The van der Waals surface area contributed by atoms with Gasteiger partial charge in [0.05, 0.1) is 35.6 Å². The van der Waals surface area contributed by atoms with Crippen molar-refractivity contribution < 1.29 is 27.1 Å². The fraction of sp³-hybridized carbons (Fsp3) is 0.0952. The lowest BCUT2D eigenvalue weighted by molar-refractivity contribution is -0.137. The van der Waals surface area contributed by atoms with Crippen molar-refractivity contribution in [1.82, 2.24) is 9.97 Å². The van der Waals surface area contributed by atoms with Crippen LogP contribution in [0, 0.1) is 0 Å². The Hall–Kier alpha value is -3.68. The molecule has 0 aliphatic carbocycles. The zero-order valence-corrected chi connectivity index (χ0v) is 15.0. The zero-order valence-electron chi connectivity index (χ0n) is 15.0. The largest absolute Gasteiger partial charge is 0.465 e. The van der Waals surface area contributed by atoms with Gasteiger partial charge in [0.25, 0.3) is 0 Å². The summed E-state index contributed by atoms with van der Waals surface area (Å²) in [6.45, 7) is 0. The molecule has 146 valence electrons. The van der Waals surface area contributed by atoms with Gasteiger partial charge in [0.1, 0.15) is 0 Å². The average molecular weight is 398 g/mol. The zero-order chi connectivity index (χ0) is 20.6. The Balaban J connectivity index is 1.91. The monoisotopic (exact) mass is 398 g/mol. The number of fused-ring (bicyclic) bond motifs is 1. The van der Waals surface area contributed by atoms with Crippen LogP contribution in [0.1, 0.15) is 15.9 Å². The van der Waals surface area contributed by atoms with Crippen LogP contribution in [0.5, 0.6) is 0 Å². The first-order chi connectivity index (χ1) is 13.9. The Morgan fingerprint density at radius 2 is 1.83 bits per heavy atom. The second-order valence-electron chi connectivity index (χ2n) is 6.22. The van der Waals surface area contributed by atoms with Gasteiger partial charge in [-0.2, -0.15) is 13.2 Å². The van der Waals surface area contributed by atoms with Gasteiger partial charge < -0.3 is 9.15 Å². The van der Waals surface area contributed by atoms with E-state index in [4.69, 9.17) is 9.15 Å². The van der Waals surface area contributed by atoms with Gasteiger partial charge in [0.15, 0.2) is 12.2 Å². The lowest BCUT2D eigenvalue weighted by Gasteiger charge is -2.11. The number of aromatic nitrogens is 2. The molecule has 2 aromatic heterocycles. The van der Waals surface area contributed by atoms with Crippen molar-refractivity contribution in [2.75, 3.05) is 7.11 Å². The molecule has 0 spiro atoms. The molecule has 2 heterocycles. The third-order valence-electron chi connectivity index (χ3n) is 4.44. The van der Waals surface area contributed by atoms with Crippen molar-refractivity contribution in [3.63, 3.8) is 0 Å². The average Bonchev–Trinajstić information content (AvgIpc) is 3.26. The van der Waals surface area contributed by atoms with Crippen LogP contribution in [-0.2, 0) is 10.9 Å². The number of hydrogen-bond acceptors (Lipinski definition) is 5.